The Morgan fingerprint density at radius 3 is 2.69 bits per heavy atom. The number of hydrogen-bond acceptors (Lipinski definition) is 1. The second-order valence-corrected chi connectivity index (χ2v) is 4.35. The summed E-state index contributed by atoms with van der Waals surface area (Å²) in [5.74, 6) is 0.411. The molecule has 2 heteroatoms. The van der Waals surface area contributed by atoms with Gasteiger partial charge in [-0.05, 0) is 23.4 Å². The first-order chi connectivity index (χ1) is 7.72. The highest BCUT2D eigenvalue weighted by atomic mass is 35.5. The Morgan fingerprint density at radius 1 is 1.25 bits per heavy atom. The standard InChI is InChI=1S/C14H14ClN/c1-10(2)14-13-6-4-3-5-11(13)9-12(16-14)7-8-15/h3-10H,1-2H3/b8-7+. The van der Waals surface area contributed by atoms with E-state index in [1.807, 2.05) is 18.2 Å². The maximum absolute atomic E-state index is 5.60. The van der Waals surface area contributed by atoms with Gasteiger partial charge in [-0.25, -0.2) is 0 Å². The van der Waals surface area contributed by atoms with Crippen LogP contribution in [0.15, 0.2) is 35.9 Å². The summed E-state index contributed by atoms with van der Waals surface area (Å²) in [5.41, 5.74) is 3.54. The summed E-state index contributed by atoms with van der Waals surface area (Å²) in [6.45, 7) is 4.31. The molecule has 2 rings (SSSR count). The molecule has 0 amide bonds. The third-order valence-electron chi connectivity index (χ3n) is 2.57. The van der Waals surface area contributed by atoms with Crippen LogP contribution in [-0.4, -0.2) is 4.98 Å². The Bertz CT molecular complexity index is 529. The van der Waals surface area contributed by atoms with Gasteiger partial charge in [-0.15, -0.1) is 0 Å². The minimum Gasteiger partial charge on any atom is -0.252 e. The van der Waals surface area contributed by atoms with Crippen LogP contribution in [0.1, 0.15) is 31.2 Å². The normalized spacial score (nSPS) is 11.8. The summed E-state index contributed by atoms with van der Waals surface area (Å²) in [7, 11) is 0. The van der Waals surface area contributed by atoms with Crippen LogP contribution in [0.2, 0.25) is 0 Å². The number of aromatic nitrogens is 1. The lowest BCUT2D eigenvalue weighted by atomic mass is 10.0. The van der Waals surface area contributed by atoms with Crippen LogP contribution in [-0.2, 0) is 0 Å². The van der Waals surface area contributed by atoms with Gasteiger partial charge in [0.15, 0.2) is 0 Å². The summed E-state index contributed by atoms with van der Waals surface area (Å²) in [4.78, 5) is 4.62. The highest BCUT2D eigenvalue weighted by molar-refractivity contribution is 6.27. The average molecular weight is 232 g/mol. The summed E-state index contributed by atoms with van der Waals surface area (Å²) in [5, 5.41) is 2.44. The molecular formula is C14H14ClN. The van der Waals surface area contributed by atoms with Crippen LogP contribution in [0.25, 0.3) is 16.8 Å². The van der Waals surface area contributed by atoms with Crippen LogP contribution in [0.4, 0.5) is 0 Å². The number of hydrogen-bond donors (Lipinski definition) is 0. The Morgan fingerprint density at radius 2 is 2.00 bits per heavy atom. The number of halogens is 1. The lowest BCUT2D eigenvalue weighted by Crippen LogP contribution is -1.96. The molecule has 0 unspecified atom stereocenters. The maximum Gasteiger partial charge on any atom is 0.0648 e. The van der Waals surface area contributed by atoms with Crippen molar-refractivity contribution in [3.63, 3.8) is 0 Å². The topological polar surface area (TPSA) is 12.9 Å². The molecule has 0 saturated carbocycles. The zero-order chi connectivity index (χ0) is 11.5. The fourth-order valence-electron chi connectivity index (χ4n) is 1.84. The Hall–Kier alpha value is -1.34. The van der Waals surface area contributed by atoms with Crippen LogP contribution in [0.3, 0.4) is 0 Å². The van der Waals surface area contributed by atoms with E-state index in [9.17, 15) is 0 Å². The molecule has 0 aliphatic heterocycles. The van der Waals surface area contributed by atoms with E-state index >= 15 is 0 Å². The van der Waals surface area contributed by atoms with Gasteiger partial charge in [0.05, 0.1) is 11.4 Å². The summed E-state index contributed by atoms with van der Waals surface area (Å²) >= 11 is 5.60. The van der Waals surface area contributed by atoms with Crippen LogP contribution >= 0.6 is 11.6 Å². The van der Waals surface area contributed by atoms with Gasteiger partial charge in [0.2, 0.25) is 0 Å². The number of nitrogens with zero attached hydrogens (tertiary/aromatic N) is 1. The fraction of sp³-hybridized carbons (Fsp3) is 0.214. The van der Waals surface area contributed by atoms with Crippen LogP contribution in [0, 0.1) is 0 Å². The molecular weight excluding hydrogens is 218 g/mol. The van der Waals surface area contributed by atoms with Gasteiger partial charge in [-0.1, -0.05) is 49.7 Å². The van der Waals surface area contributed by atoms with Gasteiger partial charge in [0, 0.05) is 10.9 Å². The molecule has 0 atom stereocenters. The summed E-state index contributed by atoms with van der Waals surface area (Å²) in [6.07, 6.45) is 1.82. The first-order valence-corrected chi connectivity index (χ1v) is 5.82. The van der Waals surface area contributed by atoms with Crippen molar-refractivity contribution in [1.29, 1.82) is 0 Å². The van der Waals surface area contributed by atoms with Crippen LogP contribution < -0.4 is 0 Å². The van der Waals surface area contributed by atoms with Gasteiger partial charge >= 0.3 is 0 Å². The van der Waals surface area contributed by atoms with E-state index in [-0.39, 0.29) is 0 Å². The molecule has 0 spiro atoms. The SMILES string of the molecule is CC(C)c1nc(/C=C/Cl)cc2ccccc12. The van der Waals surface area contributed by atoms with E-state index in [0.29, 0.717) is 5.92 Å². The molecule has 1 nitrogen and oxygen atoms in total. The molecule has 0 aliphatic carbocycles. The second kappa shape index (κ2) is 4.67. The highest BCUT2D eigenvalue weighted by Crippen LogP contribution is 2.24. The Kier molecular flexibility index (Phi) is 3.25. The van der Waals surface area contributed by atoms with Crippen molar-refractivity contribution in [1.82, 2.24) is 4.98 Å². The van der Waals surface area contributed by atoms with Crippen LogP contribution in [0.5, 0.6) is 0 Å². The molecule has 82 valence electrons. The molecule has 16 heavy (non-hydrogen) atoms. The van der Waals surface area contributed by atoms with E-state index in [1.165, 1.54) is 16.3 Å². The quantitative estimate of drug-likeness (QED) is 0.738. The van der Waals surface area contributed by atoms with Gasteiger partial charge < -0.3 is 0 Å². The molecule has 1 aromatic heterocycles. The van der Waals surface area contributed by atoms with Gasteiger partial charge in [-0.2, -0.15) is 0 Å². The largest absolute Gasteiger partial charge is 0.252 e. The molecule has 1 heterocycles. The Labute approximate surface area is 101 Å². The molecule has 0 N–H and O–H groups in total. The summed E-state index contributed by atoms with van der Waals surface area (Å²) < 4.78 is 0. The number of fused-ring (bicyclic) bond motifs is 1. The molecule has 0 aliphatic rings. The second-order valence-electron chi connectivity index (χ2n) is 4.10. The first-order valence-electron chi connectivity index (χ1n) is 5.39. The zero-order valence-corrected chi connectivity index (χ0v) is 10.2. The van der Waals surface area contributed by atoms with Crippen molar-refractivity contribution < 1.29 is 0 Å². The monoisotopic (exact) mass is 231 g/mol. The van der Waals surface area contributed by atoms with E-state index in [4.69, 9.17) is 11.6 Å². The van der Waals surface area contributed by atoms with Crippen molar-refractivity contribution in [3.05, 3.63) is 47.3 Å². The lowest BCUT2D eigenvalue weighted by molar-refractivity contribution is 0.833. The Balaban J connectivity index is 2.73. The average Bonchev–Trinajstić information content (AvgIpc) is 2.28. The molecule has 0 radical (unpaired) electrons. The lowest BCUT2D eigenvalue weighted by Gasteiger charge is -2.10. The molecule has 0 fully saturated rings. The van der Waals surface area contributed by atoms with Gasteiger partial charge in [0.1, 0.15) is 0 Å². The van der Waals surface area contributed by atoms with E-state index in [0.717, 1.165) is 11.4 Å². The van der Waals surface area contributed by atoms with Gasteiger partial charge in [0.25, 0.3) is 0 Å². The molecule has 0 bridgehead atoms. The van der Waals surface area contributed by atoms with Crippen molar-refractivity contribution in [2.75, 3.05) is 0 Å². The first kappa shape index (κ1) is 11.2. The van der Waals surface area contributed by atoms with E-state index in [2.05, 4.69) is 37.0 Å². The molecule has 2 aromatic rings. The van der Waals surface area contributed by atoms with Crippen molar-refractivity contribution in [2.24, 2.45) is 0 Å². The number of pyridine rings is 1. The third-order valence-corrected chi connectivity index (χ3v) is 2.70. The predicted octanol–water partition coefficient (Wildman–Crippen LogP) is 4.57. The molecule has 1 aromatic carbocycles. The van der Waals surface area contributed by atoms with Crippen molar-refractivity contribution in [2.45, 2.75) is 19.8 Å². The maximum atomic E-state index is 5.60. The number of benzene rings is 1. The minimum absolute atomic E-state index is 0.411. The highest BCUT2D eigenvalue weighted by Gasteiger charge is 2.07. The van der Waals surface area contributed by atoms with Crippen molar-refractivity contribution >= 4 is 28.4 Å². The fourth-order valence-corrected chi connectivity index (χ4v) is 1.97. The predicted molar refractivity (Wildman–Crippen MR) is 70.7 cm³/mol. The van der Waals surface area contributed by atoms with Crippen molar-refractivity contribution in [3.8, 4) is 0 Å². The smallest absolute Gasteiger partial charge is 0.0648 e. The van der Waals surface area contributed by atoms with E-state index in [1.54, 1.807) is 0 Å². The number of rotatable bonds is 2. The van der Waals surface area contributed by atoms with Gasteiger partial charge in [-0.3, -0.25) is 4.98 Å². The van der Waals surface area contributed by atoms with E-state index < -0.39 is 0 Å². The third kappa shape index (κ3) is 2.10. The zero-order valence-electron chi connectivity index (χ0n) is 9.44. The summed E-state index contributed by atoms with van der Waals surface area (Å²) in [6, 6.07) is 10.4. The minimum atomic E-state index is 0.411. The molecule has 0 saturated heterocycles.